The number of hydrogen-bond donors (Lipinski definition) is 0. The number of fused-ring (bicyclic) bond motifs is 1. The lowest BCUT2D eigenvalue weighted by molar-refractivity contribution is -0.312. The van der Waals surface area contributed by atoms with E-state index < -0.39 is 5.79 Å². The molecule has 0 aromatic carbocycles. The summed E-state index contributed by atoms with van der Waals surface area (Å²) >= 11 is 0. The van der Waals surface area contributed by atoms with Crippen LogP contribution in [0.15, 0.2) is 0 Å². The average molecular weight is 307 g/mol. The Labute approximate surface area is 133 Å². The molecular weight excluding hydrogens is 278 g/mol. The molecule has 2 saturated heterocycles. The maximum Gasteiger partial charge on any atom is 0.226 e. The van der Waals surface area contributed by atoms with Gasteiger partial charge in [0.05, 0.1) is 13.2 Å². The highest BCUT2D eigenvalue weighted by Gasteiger charge is 2.56. The van der Waals surface area contributed by atoms with E-state index >= 15 is 0 Å². The van der Waals surface area contributed by atoms with Gasteiger partial charge in [0, 0.05) is 37.3 Å². The average Bonchev–Trinajstić information content (AvgIpc) is 3.25. The minimum Gasteiger partial charge on any atom is -0.349 e. The van der Waals surface area contributed by atoms with Crippen LogP contribution in [-0.4, -0.2) is 42.9 Å². The third-order valence-corrected chi connectivity index (χ3v) is 6.23. The SMILES string of the molecule is CC1(C)COC2(CCN(C(=O)C3[C@@H]4CCCC[C@@H]34)CC2)OC1. The van der Waals surface area contributed by atoms with Gasteiger partial charge < -0.3 is 14.4 Å². The van der Waals surface area contributed by atoms with Gasteiger partial charge in [-0.1, -0.05) is 26.7 Å². The molecule has 4 aliphatic rings. The van der Waals surface area contributed by atoms with Crippen molar-refractivity contribution in [1.82, 2.24) is 4.90 Å². The first kappa shape index (κ1) is 14.9. The first-order chi connectivity index (χ1) is 10.5. The second-order valence-corrected chi connectivity index (χ2v) is 8.62. The number of likely N-dealkylation sites (tertiary alicyclic amines) is 1. The minimum absolute atomic E-state index is 0.113. The molecule has 124 valence electrons. The van der Waals surface area contributed by atoms with Crippen LogP contribution in [0.5, 0.6) is 0 Å². The second kappa shape index (κ2) is 5.20. The van der Waals surface area contributed by atoms with E-state index in [-0.39, 0.29) is 5.41 Å². The zero-order chi connectivity index (χ0) is 15.4. The van der Waals surface area contributed by atoms with E-state index in [0.29, 0.717) is 23.7 Å². The molecule has 0 aromatic rings. The molecule has 2 aliphatic heterocycles. The van der Waals surface area contributed by atoms with Crippen molar-refractivity contribution in [3.05, 3.63) is 0 Å². The first-order valence-electron chi connectivity index (χ1n) is 9.07. The number of nitrogens with zero attached hydrogens (tertiary/aromatic N) is 1. The Hall–Kier alpha value is -0.610. The smallest absolute Gasteiger partial charge is 0.226 e. The summed E-state index contributed by atoms with van der Waals surface area (Å²) in [7, 11) is 0. The quantitative estimate of drug-likeness (QED) is 0.748. The van der Waals surface area contributed by atoms with Gasteiger partial charge in [-0.15, -0.1) is 0 Å². The van der Waals surface area contributed by atoms with Gasteiger partial charge in [-0.2, -0.15) is 0 Å². The van der Waals surface area contributed by atoms with Crippen molar-refractivity contribution in [2.24, 2.45) is 23.2 Å². The van der Waals surface area contributed by atoms with Gasteiger partial charge in [-0.25, -0.2) is 0 Å². The summed E-state index contributed by atoms with van der Waals surface area (Å²) in [5.74, 6) is 1.77. The number of hydrogen-bond acceptors (Lipinski definition) is 3. The van der Waals surface area contributed by atoms with Crippen molar-refractivity contribution < 1.29 is 14.3 Å². The lowest BCUT2D eigenvalue weighted by atomic mass is 9.92. The highest BCUT2D eigenvalue weighted by atomic mass is 16.7. The molecule has 0 aromatic heterocycles. The van der Waals surface area contributed by atoms with Gasteiger partial charge in [0.2, 0.25) is 5.91 Å². The monoisotopic (exact) mass is 307 g/mol. The van der Waals surface area contributed by atoms with Crippen LogP contribution < -0.4 is 0 Å². The molecule has 4 heteroatoms. The molecule has 0 radical (unpaired) electrons. The van der Waals surface area contributed by atoms with Gasteiger partial charge >= 0.3 is 0 Å². The second-order valence-electron chi connectivity index (χ2n) is 8.62. The van der Waals surface area contributed by atoms with Crippen molar-refractivity contribution in [2.45, 2.75) is 58.2 Å². The number of carbonyl (C=O) groups is 1. The summed E-state index contributed by atoms with van der Waals surface area (Å²) in [5, 5.41) is 0. The van der Waals surface area contributed by atoms with E-state index in [1.54, 1.807) is 0 Å². The Kier molecular flexibility index (Phi) is 3.53. The summed E-state index contributed by atoms with van der Waals surface area (Å²) in [6.45, 7) is 7.46. The highest BCUT2D eigenvalue weighted by Crippen LogP contribution is 2.56. The third-order valence-electron chi connectivity index (χ3n) is 6.23. The number of carbonyl (C=O) groups excluding carboxylic acids is 1. The van der Waals surface area contributed by atoms with E-state index in [1.165, 1.54) is 25.7 Å². The summed E-state index contributed by atoms with van der Waals surface area (Å²) in [5.41, 5.74) is 0.113. The molecule has 1 amide bonds. The molecule has 0 N–H and O–H groups in total. The fourth-order valence-electron chi connectivity index (χ4n) is 4.66. The van der Waals surface area contributed by atoms with Gasteiger partial charge in [0.25, 0.3) is 0 Å². The molecule has 1 spiro atoms. The summed E-state index contributed by atoms with van der Waals surface area (Å²) in [6, 6.07) is 0. The van der Waals surface area contributed by atoms with Crippen molar-refractivity contribution >= 4 is 5.91 Å². The van der Waals surface area contributed by atoms with Crippen LogP contribution in [0.25, 0.3) is 0 Å². The van der Waals surface area contributed by atoms with E-state index in [1.807, 2.05) is 0 Å². The molecule has 2 heterocycles. The lowest BCUT2D eigenvalue weighted by Crippen LogP contribution is -2.54. The molecule has 2 aliphatic carbocycles. The number of piperidine rings is 1. The Bertz CT molecular complexity index is 429. The first-order valence-corrected chi connectivity index (χ1v) is 9.07. The Morgan fingerprint density at radius 2 is 1.55 bits per heavy atom. The molecule has 2 saturated carbocycles. The maximum atomic E-state index is 12.7. The van der Waals surface area contributed by atoms with Crippen LogP contribution in [0.2, 0.25) is 0 Å². The predicted molar refractivity (Wildman–Crippen MR) is 83.2 cm³/mol. The predicted octanol–water partition coefficient (Wildman–Crippen LogP) is 2.81. The molecule has 4 nitrogen and oxygen atoms in total. The van der Waals surface area contributed by atoms with Crippen LogP contribution in [0, 0.1) is 23.2 Å². The standard InChI is InChI=1S/C18H29NO3/c1-17(2)11-21-18(22-12-17)7-9-19(10-8-18)16(20)15-13-5-3-4-6-14(13)15/h13-15H,3-12H2,1-2H3/t13-,14-/m1/s1. The molecule has 4 rings (SSSR count). The minimum atomic E-state index is -0.414. The Morgan fingerprint density at radius 3 is 2.09 bits per heavy atom. The van der Waals surface area contributed by atoms with Gasteiger partial charge in [-0.05, 0) is 24.7 Å². The molecular formula is C18H29NO3. The highest BCUT2D eigenvalue weighted by molar-refractivity contribution is 5.82. The van der Waals surface area contributed by atoms with E-state index in [2.05, 4.69) is 18.7 Å². The van der Waals surface area contributed by atoms with Crippen molar-refractivity contribution in [2.75, 3.05) is 26.3 Å². The number of amides is 1. The van der Waals surface area contributed by atoms with E-state index in [9.17, 15) is 4.79 Å². The van der Waals surface area contributed by atoms with Crippen molar-refractivity contribution in [3.63, 3.8) is 0 Å². The number of ether oxygens (including phenoxy) is 2. The lowest BCUT2D eigenvalue weighted by Gasteiger charge is -2.47. The van der Waals surface area contributed by atoms with Crippen LogP contribution in [0.4, 0.5) is 0 Å². The Balaban J connectivity index is 1.32. The molecule has 2 atom stereocenters. The number of rotatable bonds is 1. The largest absolute Gasteiger partial charge is 0.349 e. The molecule has 0 bridgehead atoms. The van der Waals surface area contributed by atoms with Crippen LogP contribution >= 0.6 is 0 Å². The summed E-state index contributed by atoms with van der Waals surface area (Å²) in [4.78, 5) is 14.8. The summed E-state index contributed by atoms with van der Waals surface area (Å²) in [6.07, 6.45) is 6.87. The normalized spacial score (nSPS) is 39.4. The fourth-order valence-corrected chi connectivity index (χ4v) is 4.66. The van der Waals surface area contributed by atoms with Crippen molar-refractivity contribution in [1.29, 1.82) is 0 Å². The zero-order valence-electron chi connectivity index (χ0n) is 14.0. The van der Waals surface area contributed by atoms with Crippen LogP contribution in [0.1, 0.15) is 52.4 Å². The Morgan fingerprint density at radius 1 is 1.00 bits per heavy atom. The maximum absolute atomic E-state index is 12.7. The zero-order valence-corrected chi connectivity index (χ0v) is 14.0. The fraction of sp³-hybridized carbons (Fsp3) is 0.944. The van der Waals surface area contributed by atoms with E-state index in [0.717, 1.165) is 39.1 Å². The molecule has 4 fully saturated rings. The molecule has 22 heavy (non-hydrogen) atoms. The van der Waals surface area contributed by atoms with Crippen molar-refractivity contribution in [3.8, 4) is 0 Å². The van der Waals surface area contributed by atoms with Gasteiger partial charge in [0.15, 0.2) is 5.79 Å². The molecule has 0 unspecified atom stereocenters. The van der Waals surface area contributed by atoms with Crippen LogP contribution in [-0.2, 0) is 14.3 Å². The topological polar surface area (TPSA) is 38.8 Å². The van der Waals surface area contributed by atoms with E-state index in [4.69, 9.17) is 9.47 Å². The summed E-state index contributed by atoms with van der Waals surface area (Å²) < 4.78 is 12.1. The van der Waals surface area contributed by atoms with Crippen LogP contribution in [0.3, 0.4) is 0 Å². The van der Waals surface area contributed by atoms with Gasteiger partial charge in [-0.3, -0.25) is 4.79 Å². The van der Waals surface area contributed by atoms with Gasteiger partial charge in [0.1, 0.15) is 0 Å². The third kappa shape index (κ3) is 2.58.